The van der Waals surface area contributed by atoms with Gasteiger partial charge in [-0.15, -0.1) is 0 Å². The molecule has 0 unspecified atom stereocenters. The molecule has 106 valence electrons. The molecule has 2 aromatic rings. The second kappa shape index (κ2) is 6.13. The summed E-state index contributed by atoms with van der Waals surface area (Å²) >= 11 is 12.3. The third kappa shape index (κ3) is 2.87. The number of anilines is 3. The number of nitrogens with two attached hydrogens (primary N) is 1. The van der Waals surface area contributed by atoms with Crippen LogP contribution >= 0.6 is 23.2 Å². The van der Waals surface area contributed by atoms with Gasteiger partial charge >= 0.3 is 0 Å². The van der Waals surface area contributed by atoms with Crippen molar-refractivity contribution in [3.63, 3.8) is 0 Å². The Morgan fingerprint density at radius 3 is 2.50 bits per heavy atom. The molecule has 0 saturated heterocycles. The molecule has 0 aliphatic rings. The Balaban J connectivity index is 2.42. The van der Waals surface area contributed by atoms with Crippen molar-refractivity contribution in [3.05, 3.63) is 34.1 Å². The molecule has 2 rings (SSSR count). The summed E-state index contributed by atoms with van der Waals surface area (Å²) in [5.41, 5.74) is 3.94. The lowest BCUT2D eigenvalue weighted by molar-refractivity contribution is 0.415. The standard InChI is InChI=1S/C12H13Cl2N5O/c1-6-3-8(14)9(4-7(6)13)18-11-10(20-2)12(19-15)17-5-16-11/h3-5H,15H2,1-2H3,(H2,16,17,18,19). The van der Waals surface area contributed by atoms with E-state index >= 15 is 0 Å². The van der Waals surface area contributed by atoms with Crippen LogP contribution in [0.5, 0.6) is 5.75 Å². The lowest BCUT2D eigenvalue weighted by Crippen LogP contribution is -2.11. The number of nitrogen functional groups attached to an aromatic ring is 1. The average molecular weight is 314 g/mol. The predicted octanol–water partition coefficient (Wildman–Crippen LogP) is 3.13. The van der Waals surface area contributed by atoms with Crippen molar-refractivity contribution < 1.29 is 4.74 Å². The lowest BCUT2D eigenvalue weighted by atomic mass is 10.2. The van der Waals surface area contributed by atoms with Crippen LogP contribution in [0.15, 0.2) is 18.5 Å². The maximum Gasteiger partial charge on any atom is 0.205 e. The number of hydrogen-bond donors (Lipinski definition) is 3. The molecule has 6 nitrogen and oxygen atoms in total. The van der Waals surface area contributed by atoms with Gasteiger partial charge in [-0.1, -0.05) is 23.2 Å². The molecule has 1 aromatic heterocycles. The second-order valence-electron chi connectivity index (χ2n) is 3.95. The number of hydrogen-bond acceptors (Lipinski definition) is 6. The number of ether oxygens (including phenoxy) is 1. The number of nitrogens with zero attached hydrogens (tertiary/aromatic N) is 2. The minimum absolute atomic E-state index is 0.360. The van der Waals surface area contributed by atoms with E-state index in [-0.39, 0.29) is 0 Å². The summed E-state index contributed by atoms with van der Waals surface area (Å²) < 4.78 is 5.23. The highest BCUT2D eigenvalue weighted by Crippen LogP contribution is 2.35. The molecule has 0 bridgehead atoms. The lowest BCUT2D eigenvalue weighted by Gasteiger charge is -2.14. The third-order valence-electron chi connectivity index (χ3n) is 2.65. The summed E-state index contributed by atoms with van der Waals surface area (Å²) in [7, 11) is 1.49. The van der Waals surface area contributed by atoms with E-state index in [1.165, 1.54) is 13.4 Å². The van der Waals surface area contributed by atoms with E-state index < -0.39 is 0 Å². The van der Waals surface area contributed by atoms with Crippen LogP contribution in [0.2, 0.25) is 10.0 Å². The zero-order valence-corrected chi connectivity index (χ0v) is 12.4. The van der Waals surface area contributed by atoms with Crippen molar-refractivity contribution in [2.45, 2.75) is 6.92 Å². The number of aryl methyl sites for hydroxylation is 1. The van der Waals surface area contributed by atoms with E-state index in [9.17, 15) is 0 Å². The molecule has 1 aromatic carbocycles. The minimum atomic E-state index is 0.360. The molecule has 0 atom stereocenters. The molecule has 0 spiro atoms. The zero-order valence-electron chi connectivity index (χ0n) is 10.9. The smallest absolute Gasteiger partial charge is 0.205 e. The third-order valence-corrected chi connectivity index (χ3v) is 3.37. The fourth-order valence-electron chi connectivity index (χ4n) is 1.63. The highest BCUT2D eigenvalue weighted by atomic mass is 35.5. The van der Waals surface area contributed by atoms with E-state index in [0.29, 0.717) is 33.1 Å². The fraction of sp³-hybridized carbons (Fsp3) is 0.167. The van der Waals surface area contributed by atoms with Gasteiger partial charge in [-0.2, -0.15) is 0 Å². The van der Waals surface area contributed by atoms with Gasteiger partial charge in [-0.3, -0.25) is 0 Å². The molecule has 0 radical (unpaired) electrons. The molecular weight excluding hydrogens is 301 g/mol. The van der Waals surface area contributed by atoms with Gasteiger partial charge in [0.2, 0.25) is 5.75 Å². The Morgan fingerprint density at radius 1 is 1.15 bits per heavy atom. The molecular formula is C12H13Cl2N5O. The number of rotatable bonds is 4. The second-order valence-corrected chi connectivity index (χ2v) is 4.77. The first kappa shape index (κ1) is 14.6. The van der Waals surface area contributed by atoms with Gasteiger partial charge in [0, 0.05) is 5.02 Å². The highest BCUT2D eigenvalue weighted by Gasteiger charge is 2.13. The number of aromatic nitrogens is 2. The molecule has 20 heavy (non-hydrogen) atoms. The number of methoxy groups -OCH3 is 1. The molecule has 0 amide bonds. The van der Waals surface area contributed by atoms with E-state index in [2.05, 4.69) is 20.7 Å². The number of halogens is 2. The number of nitrogens with one attached hydrogen (secondary N) is 2. The summed E-state index contributed by atoms with van der Waals surface area (Å²) in [6.07, 6.45) is 1.35. The fourth-order valence-corrected chi connectivity index (χ4v) is 2.06. The van der Waals surface area contributed by atoms with E-state index in [1.807, 2.05) is 6.92 Å². The molecule has 0 fully saturated rings. The summed E-state index contributed by atoms with van der Waals surface area (Å²) in [5, 5.41) is 4.17. The number of benzene rings is 1. The van der Waals surface area contributed by atoms with Gasteiger partial charge in [-0.25, -0.2) is 15.8 Å². The van der Waals surface area contributed by atoms with Crippen LogP contribution in [0.4, 0.5) is 17.3 Å². The first-order valence-electron chi connectivity index (χ1n) is 5.65. The maximum atomic E-state index is 6.17. The van der Waals surface area contributed by atoms with Gasteiger partial charge in [0.15, 0.2) is 11.6 Å². The average Bonchev–Trinajstić information content (AvgIpc) is 2.44. The van der Waals surface area contributed by atoms with Crippen molar-refractivity contribution in [2.75, 3.05) is 17.9 Å². The minimum Gasteiger partial charge on any atom is -0.490 e. The first-order valence-corrected chi connectivity index (χ1v) is 6.40. The predicted molar refractivity (Wildman–Crippen MR) is 80.9 cm³/mol. The van der Waals surface area contributed by atoms with Gasteiger partial charge < -0.3 is 15.5 Å². The molecule has 0 aliphatic heterocycles. The number of hydrazine groups is 1. The Kier molecular flexibility index (Phi) is 4.49. The summed E-state index contributed by atoms with van der Waals surface area (Å²) in [4.78, 5) is 8.06. The van der Waals surface area contributed by atoms with E-state index in [0.717, 1.165) is 5.56 Å². The Labute approximate surface area is 126 Å². The van der Waals surface area contributed by atoms with Crippen LogP contribution < -0.4 is 21.3 Å². The van der Waals surface area contributed by atoms with Gasteiger partial charge in [0.05, 0.1) is 17.8 Å². The molecule has 0 aliphatic carbocycles. The van der Waals surface area contributed by atoms with Crippen LogP contribution in [0.25, 0.3) is 0 Å². The topological polar surface area (TPSA) is 85.1 Å². The van der Waals surface area contributed by atoms with Crippen LogP contribution in [-0.4, -0.2) is 17.1 Å². The SMILES string of the molecule is COc1c(NN)ncnc1Nc1cc(Cl)c(C)cc1Cl. The van der Waals surface area contributed by atoms with Gasteiger partial charge in [0.25, 0.3) is 0 Å². The summed E-state index contributed by atoms with van der Waals surface area (Å²) in [5.74, 6) is 6.53. The van der Waals surface area contributed by atoms with Gasteiger partial charge in [0.1, 0.15) is 6.33 Å². The monoisotopic (exact) mass is 313 g/mol. The van der Waals surface area contributed by atoms with E-state index in [4.69, 9.17) is 33.8 Å². The molecule has 0 saturated carbocycles. The van der Waals surface area contributed by atoms with Gasteiger partial charge in [-0.05, 0) is 24.6 Å². The Hall–Kier alpha value is -1.76. The van der Waals surface area contributed by atoms with Crippen LogP contribution in [-0.2, 0) is 0 Å². The van der Waals surface area contributed by atoms with Crippen LogP contribution in [0.1, 0.15) is 5.56 Å². The molecule has 4 N–H and O–H groups in total. The summed E-state index contributed by atoms with van der Waals surface area (Å²) in [6.45, 7) is 1.87. The normalized spacial score (nSPS) is 10.2. The van der Waals surface area contributed by atoms with Crippen molar-refractivity contribution in [1.29, 1.82) is 0 Å². The van der Waals surface area contributed by atoms with Crippen molar-refractivity contribution in [2.24, 2.45) is 5.84 Å². The Morgan fingerprint density at radius 2 is 1.85 bits per heavy atom. The van der Waals surface area contributed by atoms with Crippen molar-refractivity contribution >= 4 is 40.5 Å². The summed E-state index contributed by atoms with van der Waals surface area (Å²) in [6, 6.07) is 3.48. The first-order chi connectivity index (χ1) is 9.56. The molecule has 8 heteroatoms. The Bertz CT molecular complexity index is 635. The zero-order chi connectivity index (χ0) is 14.7. The van der Waals surface area contributed by atoms with Crippen LogP contribution in [0.3, 0.4) is 0 Å². The maximum absolute atomic E-state index is 6.17. The quantitative estimate of drug-likeness (QED) is 0.594. The van der Waals surface area contributed by atoms with Crippen LogP contribution in [0, 0.1) is 6.92 Å². The van der Waals surface area contributed by atoms with Crippen molar-refractivity contribution in [1.82, 2.24) is 9.97 Å². The largest absolute Gasteiger partial charge is 0.490 e. The molecule has 1 heterocycles. The highest BCUT2D eigenvalue weighted by molar-refractivity contribution is 6.35. The van der Waals surface area contributed by atoms with E-state index in [1.54, 1.807) is 12.1 Å². The van der Waals surface area contributed by atoms with Crippen molar-refractivity contribution in [3.8, 4) is 5.75 Å².